The van der Waals surface area contributed by atoms with Crippen molar-refractivity contribution in [2.45, 2.75) is 57.6 Å². The molecule has 2 N–H and O–H groups in total. The zero-order valence-corrected chi connectivity index (χ0v) is 13.7. The Labute approximate surface area is 128 Å². The molecule has 1 heterocycles. The fourth-order valence-corrected chi connectivity index (χ4v) is 3.74. The van der Waals surface area contributed by atoms with E-state index in [1.165, 1.54) is 6.42 Å². The van der Waals surface area contributed by atoms with Crippen molar-refractivity contribution in [1.29, 1.82) is 0 Å². The average molecular weight is 305 g/mol. The molecule has 0 radical (unpaired) electrons. The first-order chi connectivity index (χ1) is 9.05. The highest BCUT2D eigenvalue weighted by atomic mass is 35.5. The predicted molar refractivity (Wildman–Crippen MR) is 83.2 cm³/mol. The Morgan fingerprint density at radius 3 is 2.20 bits per heavy atom. The molecule has 2 unspecified atom stereocenters. The molecule has 1 aliphatic heterocycles. The first-order valence-electron chi connectivity index (χ1n) is 7.62. The van der Waals surface area contributed by atoms with E-state index in [1.807, 2.05) is 0 Å². The average Bonchev–Trinajstić information content (AvgIpc) is 2.38. The molecular formula is C15H29ClN2O2. The normalized spacial score (nSPS) is 33.0. The van der Waals surface area contributed by atoms with Crippen molar-refractivity contribution in [3.63, 3.8) is 0 Å². The molecule has 0 aromatic carbocycles. The third-order valence-electron chi connectivity index (χ3n) is 4.73. The van der Waals surface area contributed by atoms with Gasteiger partial charge in [0.15, 0.2) is 0 Å². The molecule has 0 spiro atoms. The SMILES string of the molecule is COC1(C(=O)NC2CC(C)CC(C)C2)CCNCC1.Cl. The number of hydrogen-bond donors (Lipinski definition) is 2. The smallest absolute Gasteiger partial charge is 0.252 e. The lowest BCUT2D eigenvalue weighted by atomic mass is 9.80. The maximum absolute atomic E-state index is 12.6. The lowest BCUT2D eigenvalue weighted by Crippen LogP contribution is -2.56. The standard InChI is InChI=1S/C15H28N2O2.ClH/c1-11-8-12(2)10-13(9-11)17-14(18)15(19-3)4-6-16-7-5-15;/h11-13,16H,4-10H2,1-3H3,(H,17,18);1H. The van der Waals surface area contributed by atoms with Crippen LogP contribution in [0.15, 0.2) is 0 Å². The summed E-state index contributed by atoms with van der Waals surface area (Å²) < 4.78 is 5.58. The molecule has 0 aromatic rings. The summed E-state index contributed by atoms with van der Waals surface area (Å²) in [6, 6.07) is 0.327. The number of halogens is 1. The predicted octanol–water partition coefficient (Wildman–Crippen LogP) is 2.12. The Morgan fingerprint density at radius 1 is 1.15 bits per heavy atom. The molecule has 118 valence electrons. The molecule has 2 rings (SSSR count). The maximum Gasteiger partial charge on any atom is 0.252 e. The maximum atomic E-state index is 12.6. The Hall–Kier alpha value is -0.320. The van der Waals surface area contributed by atoms with Gasteiger partial charge in [-0.05, 0) is 57.0 Å². The summed E-state index contributed by atoms with van der Waals surface area (Å²) in [6.07, 6.45) is 5.04. The van der Waals surface area contributed by atoms with Crippen molar-refractivity contribution in [2.24, 2.45) is 11.8 Å². The fourth-order valence-electron chi connectivity index (χ4n) is 3.74. The quantitative estimate of drug-likeness (QED) is 0.840. The number of nitrogens with one attached hydrogen (secondary N) is 2. The van der Waals surface area contributed by atoms with Gasteiger partial charge in [0.2, 0.25) is 0 Å². The zero-order valence-electron chi connectivity index (χ0n) is 12.9. The van der Waals surface area contributed by atoms with Crippen molar-refractivity contribution in [3.8, 4) is 0 Å². The van der Waals surface area contributed by atoms with E-state index in [1.54, 1.807) is 7.11 Å². The molecule has 4 nitrogen and oxygen atoms in total. The third-order valence-corrected chi connectivity index (χ3v) is 4.73. The van der Waals surface area contributed by atoms with Gasteiger partial charge in [-0.25, -0.2) is 0 Å². The van der Waals surface area contributed by atoms with E-state index in [-0.39, 0.29) is 18.3 Å². The van der Waals surface area contributed by atoms with Crippen LogP contribution in [-0.2, 0) is 9.53 Å². The molecule has 5 heteroatoms. The van der Waals surface area contributed by atoms with Crippen molar-refractivity contribution >= 4 is 18.3 Å². The largest absolute Gasteiger partial charge is 0.368 e. The van der Waals surface area contributed by atoms with E-state index in [2.05, 4.69) is 24.5 Å². The van der Waals surface area contributed by atoms with Gasteiger partial charge in [-0.3, -0.25) is 4.79 Å². The lowest BCUT2D eigenvalue weighted by molar-refractivity contribution is -0.147. The van der Waals surface area contributed by atoms with Crippen LogP contribution in [0.4, 0.5) is 0 Å². The minimum absolute atomic E-state index is 0. The fraction of sp³-hybridized carbons (Fsp3) is 0.933. The summed E-state index contributed by atoms with van der Waals surface area (Å²) in [6.45, 7) is 6.29. The van der Waals surface area contributed by atoms with Gasteiger partial charge in [-0.2, -0.15) is 0 Å². The summed E-state index contributed by atoms with van der Waals surface area (Å²) >= 11 is 0. The van der Waals surface area contributed by atoms with E-state index in [9.17, 15) is 4.79 Å². The molecule has 1 saturated heterocycles. The van der Waals surface area contributed by atoms with Gasteiger partial charge in [-0.1, -0.05) is 13.8 Å². The monoisotopic (exact) mass is 304 g/mol. The lowest BCUT2D eigenvalue weighted by Gasteiger charge is -2.38. The zero-order chi connectivity index (χ0) is 13.9. The topological polar surface area (TPSA) is 50.4 Å². The van der Waals surface area contributed by atoms with Crippen LogP contribution in [0.5, 0.6) is 0 Å². The van der Waals surface area contributed by atoms with E-state index in [0.717, 1.165) is 38.8 Å². The minimum Gasteiger partial charge on any atom is -0.368 e. The number of rotatable bonds is 3. The molecular weight excluding hydrogens is 276 g/mol. The summed E-state index contributed by atoms with van der Waals surface area (Å²) in [7, 11) is 1.66. The Kier molecular flexibility index (Phi) is 6.76. The summed E-state index contributed by atoms with van der Waals surface area (Å²) in [5, 5.41) is 6.54. The molecule has 0 bridgehead atoms. The second-order valence-corrected chi connectivity index (χ2v) is 6.54. The highest BCUT2D eigenvalue weighted by Crippen LogP contribution is 2.30. The Morgan fingerprint density at radius 2 is 1.70 bits per heavy atom. The van der Waals surface area contributed by atoms with Crippen molar-refractivity contribution in [2.75, 3.05) is 20.2 Å². The second-order valence-electron chi connectivity index (χ2n) is 6.54. The molecule has 0 aromatic heterocycles. The number of hydrogen-bond acceptors (Lipinski definition) is 3. The van der Waals surface area contributed by atoms with E-state index >= 15 is 0 Å². The van der Waals surface area contributed by atoms with Gasteiger partial charge >= 0.3 is 0 Å². The molecule has 2 atom stereocenters. The third kappa shape index (κ3) is 4.09. The van der Waals surface area contributed by atoms with E-state index < -0.39 is 5.60 Å². The van der Waals surface area contributed by atoms with Gasteiger partial charge in [-0.15, -0.1) is 12.4 Å². The van der Waals surface area contributed by atoms with Gasteiger partial charge in [0.05, 0.1) is 0 Å². The number of piperidine rings is 1. The number of carbonyl (C=O) groups is 1. The highest BCUT2D eigenvalue weighted by molar-refractivity contribution is 5.86. The number of methoxy groups -OCH3 is 1. The van der Waals surface area contributed by atoms with Gasteiger partial charge in [0.25, 0.3) is 5.91 Å². The van der Waals surface area contributed by atoms with Crippen LogP contribution >= 0.6 is 12.4 Å². The van der Waals surface area contributed by atoms with Crippen LogP contribution in [-0.4, -0.2) is 37.7 Å². The van der Waals surface area contributed by atoms with E-state index in [4.69, 9.17) is 4.74 Å². The van der Waals surface area contributed by atoms with Crippen LogP contribution in [0.1, 0.15) is 46.0 Å². The highest BCUT2D eigenvalue weighted by Gasteiger charge is 2.41. The molecule has 2 fully saturated rings. The summed E-state index contributed by atoms with van der Waals surface area (Å²) in [5.41, 5.74) is -0.602. The van der Waals surface area contributed by atoms with Crippen molar-refractivity contribution in [3.05, 3.63) is 0 Å². The van der Waals surface area contributed by atoms with Crippen LogP contribution in [0.25, 0.3) is 0 Å². The van der Waals surface area contributed by atoms with Crippen LogP contribution < -0.4 is 10.6 Å². The number of amides is 1. The van der Waals surface area contributed by atoms with Gasteiger partial charge in [0, 0.05) is 13.2 Å². The van der Waals surface area contributed by atoms with Crippen LogP contribution in [0.3, 0.4) is 0 Å². The number of ether oxygens (including phenoxy) is 1. The first kappa shape index (κ1) is 17.7. The van der Waals surface area contributed by atoms with Crippen LogP contribution in [0, 0.1) is 11.8 Å². The molecule has 1 saturated carbocycles. The van der Waals surface area contributed by atoms with Crippen molar-refractivity contribution < 1.29 is 9.53 Å². The van der Waals surface area contributed by atoms with Crippen LogP contribution in [0.2, 0.25) is 0 Å². The molecule has 1 aliphatic carbocycles. The molecule has 1 amide bonds. The molecule has 20 heavy (non-hydrogen) atoms. The second kappa shape index (κ2) is 7.62. The van der Waals surface area contributed by atoms with E-state index in [0.29, 0.717) is 17.9 Å². The molecule has 2 aliphatic rings. The number of carbonyl (C=O) groups excluding carboxylic acids is 1. The summed E-state index contributed by atoms with van der Waals surface area (Å²) in [5.74, 6) is 1.52. The van der Waals surface area contributed by atoms with Crippen molar-refractivity contribution in [1.82, 2.24) is 10.6 Å². The van der Waals surface area contributed by atoms with Gasteiger partial charge < -0.3 is 15.4 Å². The minimum atomic E-state index is -0.602. The Balaban J connectivity index is 0.00000200. The first-order valence-corrected chi connectivity index (χ1v) is 7.62. The summed E-state index contributed by atoms with van der Waals surface area (Å²) in [4.78, 5) is 12.6. The Bertz CT molecular complexity index is 309. The van der Waals surface area contributed by atoms with Gasteiger partial charge in [0.1, 0.15) is 5.60 Å².